The van der Waals surface area contributed by atoms with E-state index in [1.54, 1.807) is 18.2 Å². The summed E-state index contributed by atoms with van der Waals surface area (Å²) >= 11 is 0. The van der Waals surface area contributed by atoms with E-state index in [4.69, 9.17) is 10.5 Å². The Balaban J connectivity index is 2.05. The third-order valence-corrected chi connectivity index (χ3v) is 4.42. The third-order valence-electron chi connectivity index (χ3n) is 4.42. The third kappa shape index (κ3) is 7.60. The van der Waals surface area contributed by atoms with Gasteiger partial charge in [0.15, 0.2) is 6.17 Å². The minimum absolute atomic E-state index is 0.0481. The van der Waals surface area contributed by atoms with Gasteiger partial charge in [-0.25, -0.2) is 19.4 Å². The zero-order valence-corrected chi connectivity index (χ0v) is 17.8. The molecular weight excluding hydrogens is 418 g/mol. The van der Waals surface area contributed by atoms with E-state index in [1.165, 1.54) is 24.7 Å². The Labute approximate surface area is 184 Å². The molecule has 0 saturated carbocycles. The Morgan fingerprint density at radius 3 is 2.41 bits per heavy atom. The highest BCUT2D eigenvalue weighted by Crippen LogP contribution is 2.09. The van der Waals surface area contributed by atoms with Crippen LogP contribution < -0.4 is 16.4 Å². The smallest absolute Gasteiger partial charge is 0.341 e. The van der Waals surface area contributed by atoms with Gasteiger partial charge < -0.3 is 25.9 Å². The number of carbonyl (C=O) groups is 4. The highest BCUT2D eigenvalue weighted by molar-refractivity contribution is 5.96. The zero-order chi connectivity index (χ0) is 23.7. The molecule has 0 aliphatic rings. The first-order chi connectivity index (χ1) is 15.2. The summed E-state index contributed by atoms with van der Waals surface area (Å²) in [5.74, 6) is -4.03. The summed E-state index contributed by atoms with van der Waals surface area (Å²) in [7, 11) is 0. The predicted molar refractivity (Wildman–Crippen MR) is 113 cm³/mol. The standard InChI is InChI=1S/C21H27N5O6/c1-12(2)8-16(21(31)32-20(30)15(22)9-14-10-23-11-24-14)25-17(19(28)29)26-18(27)13-6-4-3-5-7-13/h3-7,10-12,15-17,25H,8-9,22H2,1-2H3,(H,23,24)(H,26,27)(H,28,29)/t15-,16-,17?/m0/s1. The number of nitrogens with two attached hydrogens (primary N) is 1. The van der Waals surface area contributed by atoms with Crippen molar-refractivity contribution in [1.29, 1.82) is 0 Å². The number of amides is 1. The summed E-state index contributed by atoms with van der Waals surface area (Å²) in [6.45, 7) is 3.62. The van der Waals surface area contributed by atoms with Crippen molar-refractivity contribution in [2.45, 2.75) is 44.9 Å². The van der Waals surface area contributed by atoms with Crippen LogP contribution in [0.5, 0.6) is 0 Å². The van der Waals surface area contributed by atoms with Gasteiger partial charge in [-0.3, -0.25) is 10.1 Å². The summed E-state index contributed by atoms with van der Waals surface area (Å²) < 4.78 is 4.89. The fourth-order valence-electron chi connectivity index (χ4n) is 2.85. The second-order valence-corrected chi connectivity index (χ2v) is 7.59. The molecule has 0 radical (unpaired) electrons. The van der Waals surface area contributed by atoms with Crippen molar-refractivity contribution in [1.82, 2.24) is 20.6 Å². The number of aliphatic carboxylic acids is 1. The molecule has 1 aromatic carbocycles. The fourth-order valence-corrected chi connectivity index (χ4v) is 2.85. The minimum atomic E-state index is -1.59. The molecule has 1 aromatic heterocycles. The maximum Gasteiger partial charge on any atom is 0.341 e. The molecule has 2 aromatic rings. The van der Waals surface area contributed by atoms with Gasteiger partial charge in [-0.1, -0.05) is 32.0 Å². The number of hydrogen-bond donors (Lipinski definition) is 5. The lowest BCUT2D eigenvalue weighted by molar-refractivity contribution is -0.162. The highest BCUT2D eigenvalue weighted by Gasteiger charge is 2.31. The van der Waals surface area contributed by atoms with Crippen LogP contribution in [0.1, 0.15) is 36.3 Å². The summed E-state index contributed by atoms with van der Waals surface area (Å²) in [6, 6.07) is 5.74. The number of rotatable bonds is 11. The lowest BCUT2D eigenvalue weighted by Crippen LogP contribution is -2.57. The van der Waals surface area contributed by atoms with Crippen LogP contribution in [-0.2, 0) is 25.5 Å². The normalized spacial score (nSPS) is 13.8. The Bertz CT molecular complexity index is 916. The van der Waals surface area contributed by atoms with Crippen LogP contribution in [0.3, 0.4) is 0 Å². The molecule has 0 spiro atoms. The number of hydrogen-bond acceptors (Lipinski definition) is 8. The monoisotopic (exact) mass is 445 g/mol. The molecule has 6 N–H and O–H groups in total. The van der Waals surface area contributed by atoms with Crippen molar-refractivity contribution in [3.8, 4) is 0 Å². The molecule has 32 heavy (non-hydrogen) atoms. The summed E-state index contributed by atoms with van der Waals surface area (Å²) in [6.07, 6.45) is 1.57. The molecule has 1 unspecified atom stereocenters. The Hall–Kier alpha value is -3.57. The molecule has 1 amide bonds. The molecular formula is C21H27N5O6. The molecule has 3 atom stereocenters. The number of nitrogens with zero attached hydrogens (tertiary/aromatic N) is 1. The van der Waals surface area contributed by atoms with Crippen molar-refractivity contribution in [2.24, 2.45) is 11.7 Å². The minimum Gasteiger partial charge on any atom is -0.479 e. The molecule has 1 heterocycles. The van der Waals surface area contributed by atoms with E-state index < -0.39 is 42.1 Å². The lowest BCUT2D eigenvalue weighted by atomic mass is 10.0. The first kappa shape index (κ1) is 24.7. The second-order valence-electron chi connectivity index (χ2n) is 7.59. The molecule has 0 bridgehead atoms. The molecule has 2 rings (SSSR count). The first-order valence-corrected chi connectivity index (χ1v) is 10.0. The number of carboxylic acid groups (broad SMARTS) is 1. The van der Waals surface area contributed by atoms with Crippen molar-refractivity contribution < 1.29 is 29.0 Å². The van der Waals surface area contributed by atoms with E-state index in [1.807, 2.05) is 13.8 Å². The number of aromatic nitrogens is 2. The lowest BCUT2D eigenvalue weighted by Gasteiger charge is -2.24. The Morgan fingerprint density at radius 2 is 1.84 bits per heavy atom. The van der Waals surface area contributed by atoms with Crippen LogP contribution >= 0.6 is 0 Å². The van der Waals surface area contributed by atoms with E-state index >= 15 is 0 Å². The summed E-state index contributed by atoms with van der Waals surface area (Å²) in [5, 5.41) is 14.4. The molecule has 0 aliphatic carbocycles. The van der Waals surface area contributed by atoms with Crippen LogP contribution in [0, 0.1) is 5.92 Å². The maximum absolute atomic E-state index is 12.6. The van der Waals surface area contributed by atoms with Crippen molar-refractivity contribution >= 4 is 23.8 Å². The van der Waals surface area contributed by atoms with Crippen LogP contribution in [0.4, 0.5) is 0 Å². The van der Waals surface area contributed by atoms with Gasteiger partial charge >= 0.3 is 17.9 Å². The Morgan fingerprint density at radius 1 is 1.16 bits per heavy atom. The van der Waals surface area contributed by atoms with Crippen LogP contribution in [0.2, 0.25) is 0 Å². The number of nitrogens with one attached hydrogen (secondary N) is 3. The average Bonchev–Trinajstić information content (AvgIpc) is 3.25. The number of carbonyl (C=O) groups excluding carboxylic acids is 3. The molecule has 0 fully saturated rings. The number of esters is 2. The number of benzene rings is 1. The summed E-state index contributed by atoms with van der Waals surface area (Å²) in [4.78, 5) is 55.5. The van der Waals surface area contributed by atoms with Gasteiger partial charge in [-0.2, -0.15) is 0 Å². The molecule has 172 valence electrons. The number of ether oxygens (including phenoxy) is 1. The Kier molecular flexibility index (Phi) is 9.05. The zero-order valence-electron chi connectivity index (χ0n) is 17.8. The van der Waals surface area contributed by atoms with E-state index in [9.17, 15) is 24.3 Å². The van der Waals surface area contributed by atoms with Gasteiger partial charge in [0, 0.05) is 23.9 Å². The van der Waals surface area contributed by atoms with E-state index in [0.717, 1.165) is 0 Å². The van der Waals surface area contributed by atoms with Crippen molar-refractivity contribution in [3.05, 3.63) is 54.1 Å². The SMILES string of the molecule is CC(C)C[C@H](NC(NC(=O)c1ccccc1)C(=O)O)C(=O)OC(=O)[C@@H](N)Cc1cnc[nH]1. The largest absolute Gasteiger partial charge is 0.479 e. The summed E-state index contributed by atoms with van der Waals surface area (Å²) in [5.41, 5.74) is 6.64. The van der Waals surface area contributed by atoms with Crippen LogP contribution in [0.15, 0.2) is 42.9 Å². The topological polar surface area (TPSA) is 177 Å². The fraction of sp³-hybridized carbons (Fsp3) is 0.381. The van der Waals surface area contributed by atoms with E-state index in [-0.39, 0.29) is 24.3 Å². The van der Waals surface area contributed by atoms with E-state index in [0.29, 0.717) is 5.69 Å². The second kappa shape index (κ2) is 11.7. The van der Waals surface area contributed by atoms with Gasteiger partial charge in [0.25, 0.3) is 5.91 Å². The molecule has 0 aliphatic heterocycles. The van der Waals surface area contributed by atoms with Gasteiger partial charge in [0.1, 0.15) is 12.1 Å². The van der Waals surface area contributed by atoms with Gasteiger partial charge in [0.2, 0.25) is 0 Å². The van der Waals surface area contributed by atoms with Gasteiger partial charge in [-0.15, -0.1) is 0 Å². The van der Waals surface area contributed by atoms with Crippen molar-refractivity contribution in [3.63, 3.8) is 0 Å². The maximum atomic E-state index is 12.6. The predicted octanol–water partition coefficient (Wildman–Crippen LogP) is 0.194. The van der Waals surface area contributed by atoms with Crippen LogP contribution in [-0.4, -0.2) is 57.1 Å². The first-order valence-electron chi connectivity index (χ1n) is 10.0. The van der Waals surface area contributed by atoms with Gasteiger partial charge in [0.05, 0.1) is 6.33 Å². The number of aromatic amines is 1. The van der Waals surface area contributed by atoms with Crippen LogP contribution in [0.25, 0.3) is 0 Å². The van der Waals surface area contributed by atoms with E-state index in [2.05, 4.69) is 20.6 Å². The average molecular weight is 445 g/mol. The molecule has 0 saturated heterocycles. The van der Waals surface area contributed by atoms with Crippen molar-refractivity contribution in [2.75, 3.05) is 0 Å². The molecule has 11 nitrogen and oxygen atoms in total. The number of imidazole rings is 1. The highest BCUT2D eigenvalue weighted by atomic mass is 16.6. The van der Waals surface area contributed by atoms with Gasteiger partial charge in [-0.05, 0) is 24.5 Å². The number of H-pyrrole nitrogens is 1. The molecule has 11 heteroatoms. The quantitative estimate of drug-likeness (QED) is 0.184. The number of carboxylic acids is 1.